The summed E-state index contributed by atoms with van der Waals surface area (Å²) >= 11 is 0. The fraction of sp³-hybridized carbons (Fsp3) is 0.600. The molecule has 0 saturated carbocycles. The molecule has 0 bridgehead atoms. The summed E-state index contributed by atoms with van der Waals surface area (Å²) in [6.07, 6.45) is 1.46. The average molecular weight is 225 g/mol. The molecule has 0 aromatic carbocycles. The van der Waals surface area contributed by atoms with E-state index in [9.17, 15) is 4.79 Å². The number of rotatable bonds is 4. The third-order valence-electron chi connectivity index (χ3n) is 2.48. The Kier molecular flexibility index (Phi) is 3.90. The number of morpholine rings is 1. The van der Waals surface area contributed by atoms with Crippen LogP contribution >= 0.6 is 0 Å². The van der Waals surface area contributed by atoms with E-state index in [-0.39, 0.29) is 11.7 Å². The molecule has 1 N–H and O–H groups in total. The molecule has 1 aliphatic heterocycles. The van der Waals surface area contributed by atoms with Crippen LogP contribution in [0.5, 0.6) is 0 Å². The number of nitrogens with zero attached hydrogens (tertiary/aromatic N) is 2. The lowest BCUT2D eigenvalue weighted by molar-refractivity contribution is 0.0382. The van der Waals surface area contributed by atoms with E-state index in [4.69, 9.17) is 9.26 Å². The van der Waals surface area contributed by atoms with Crippen LogP contribution in [0.4, 0.5) is 0 Å². The van der Waals surface area contributed by atoms with E-state index in [0.29, 0.717) is 6.54 Å². The van der Waals surface area contributed by atoms with E-state index in [1.807, 2.05) is 0 Å². The molecular formula is C10H15N3O3. The van der Waals surface area contributed by atoms with E-state index in [1.165, 1.54) is 6.20 Å². The largest absolute Gasteiger partial charge is 0.379 e. The predicted octanol–water partition coefficient (Wildman–Crippen LogP) is -0.263. The van der Waals surface area contributed by atoms with Crippen molar-refractivity contribution in [1.29, 1.82) is 0 Å². The molecule has 0 spiro atoms. The van der Waals surface area contributed by atoms with Crippen molar-refractivity contribution >= 4 is 5.91 Å². The van der Waals surface area contributed by atoms with Gasteiger partial charge in [-0.05, 0) is 0 Å². The van der Waals surface area contributed by atoms with Gasteiger partial charge in [0.2, 0.25) is 5.76 Å². The Morgan fingerprint density at radius 3 is 3.00 bits per heavy atom. The molecule has 6 heteroatoms. The second-order valence-corrected chi connectivity index (χ2v) is 3.59. The molecule has 88 valence electrons. The summed E-state index contributed by atoms with van der Waals surface area (Å²) in [6, 6.07) is 1.55. The van der Waals surface area contributed by atoms with Crippen LogP contribution in [0.3, 0.4) is 0 Å². The highest BCUT2D eigenvalue weighted by molar-refractivity contribution is 5.91. The van der Waals surface area contributed by atoms with Crippen molar-refractivity contribution in [3.05, 3.63) is 18.0 Å². The topological polar surface area (TPSA) is 67.6 Å². The molecule has 0 atom stereocenters. The number of aromatic nitrogens is 1. The Labute approximate surface area is 93.5 Å². The molecule has 2 rings (SSSR count). The van der Waals surface area contributed by atoms with E-state index in [1.54, 1.807) is 6.07 Å². The van der Waals surface area contributed by atoms with Gasteiger partial charge in [0.1, 0.15) is 0 Å². The van der Waals surface area contributed by atoms with Gasteiger partial charge in [-0.15, -0.1) is 0 Å². The maximum absolute atomic E-state index is 11.5. The second-order valence-electron chi connectivity index (χ2n) is 3.59. The number of hydrogen-bond donors (Lipinski definition) is 1. The highest BCUT2D eigenvalue weighted by Gasteiger charge is 2.12. The number of amides is 1. The molecule has 1 aromatic heterocycles. The van der Waals surface area contributed by atoms with E-state index < -0.39 is 0 Å². The number of ether oxygens (including phenoxy) is 1. The average Bonchev–Trinajstić information content (AvgIpc) is 2.84. The van der Waals surface area contributed by atoms with Crippen LogP contribution in [0, 0.1) is 0 Å². The van der Waals surface area contributed by atoms with Crippen LogP contribution in [0.2, 0.25) is 0 Å². The minimum atomic E-state index is -0.217. The van der Waals surface area contributed by atoms with Gasteiger partial charge < -0.3 is 14.6 Å². The van der Waals surface area contributed by atoms with Crippen molar-refractivity contribution in [3.8, 4) is 0 Å². The molecule has 1 aromatic rings. The number of carbonyl (C=O) groups is 1. The number of carbonyl (C=O) groups excluding carboxylic acids is 1. The van der Waals surface area contributed by atoms with Gasteiger partial charge in [-0.2, -0.15) is 0 Å². The SMILES string of the molecule is O=C(NCCN1CCOCC1)c1ccno1. The fourth-order valence-corrected chi connectivity index (χ4v) is 1.57. The molecule has 0 unspecified atom stereocenters. The Hall–Kier alpha value is -1.40. The number of hydrogen-bond acceptors (Lipinski definition) is 5. The summed E-state index contributed by atoms with van der Waals surface area (Å²) in [5, 5.41) is 6.26. The Morgan fingerprint density at radius 1 is 1.50 bits per heavy atom. The normalized spacial score (nSPS) is 17.2. The summed E-state index contributed by atoms with van der Waals surface area (Å²) in [4.78, 5) is 13.7. The molecule has 16 heavy (non-hydrogen) atoms. The summed E-state index contributed by atoms with van der Waals surface area (Å²) in [6.45, 7) is 4.85. The molecule has 0 radical (unpaired) electrons. The summed E-state index contributed by atoms with van der Waals surface area (Å²) < 4.78 is 9.98. The Bertz CT molecular complexity index is 320. The van der Waals surface area contributed by atoms with Crippen molar-refractivity contribution in [2.45, 2.75) is 0 Å². The van der Waals surface area contributed by atoms with Gasteiger partial charge >= 0.3 is 0 Å². The summed E-state index contributed by atoms with van der Waals surface area (Å²) in [5.74, 6) is 0.0349. The smallest absolute Gasteiger partial charge is 0.289 e. The van der Waals surface area contributed by atoms with Gasteiger partial charge in [0, 0.05) is 32.2 Å². The van der Waals surface area contributed by atoms with Crippen LogP contribution in [-0.4, -0.2) is 55.4 Å². The third kappa shape index (κ3) is 3.04. The van der Waals surface area contributed by atoms with Gasteiger partial charge in [-0.1, -0.05) is 5.16 Å². The minimum Gasteiger partial charge on any atom is -0.379 e. The van der Waals surface area contributed by atoms with Crippen LogP contribution in [0.1, 0.15) is 10.6 Å². The predicted molar refractivity (Wildman–Crippen MR) is 56.1 cm³/mol. The summed E-state index contributed by atoms with van der Waals surface area (Å²) in [5.41, 5.74) is 0. The Morgan fingerprint density at radius 2 is 2.31 bits per heavy atom. The first kappa shape index (κ1) is 11.1. The quantitative estimate of drug-likeness (QED) is 0.764. The van der Waals surface area contributed by atoms with Gasteiger partial charge in [0.25, 0.3) is 5.91 Å². The second kappa shape index (κ2) is 5.62. The van der Waals surface area contributed by atoms with Crippen molar-refractivity contribution in [2.75, 3.05) is 39.4 Å². The fourth-order valence-electron chi connectivity index (χ4n) is 1.57. The van der Waals surface area contributed by atoms with E-state index >= 15 is 0 Å². The van der Waals surface area contributed by atoms with Crippen molar-refractivity contribution in [1.82, 2.24) is 15.4 Å². The van der Waals surface area contributed by atoms with Crippen LogP contribution in [0.15, 0.2) is 16.8 Å². The minimum absolute atomic E-state index is 0.217. The molecule has 1 aliphatic rings. The van der Waals surface area contributed by atoms with Gasteiger partial charge in [0.05, 0.1) is 19.4 Å². The lowest BCUT2D eigenvalue weighted by atomic mass is 10.4. The first-order valence-electron chi connectivity index (χ1n) is 5.35. The lowest BCUT2D eigenvalue weighted by Gasteiger charge is -2.26. The highest BCUT2D eigenvalue weighted by Crippen LogP contribution is 1.97. The van der Waals surface area contributed by atoms with Crippen LogP contribution in [-0.2, 0) is 4.74 Å². The third-order valence-corrected chi connectivity index (χ3v) is 2.48. The zero-order valence-corrected chi connectivity index (χ0v) is 9.02. The maximum Gasteiger partial charge on any atom is 0.289 e. The van der Waals surface area contributed by atoms with Crippen molar-refractivity contribution in [2.24, 2.45) is 0 Å². The summed E-state index contributed by atoms with van der Waals surface area (Å²) in [7, 11) is 0. The highest BCUT2D eigenvalue weighted by atomic mass is 16.5. The molecule has 1 fully saturated rings. The molecular weight excluding hydrogens is 210 g/mol. The standard InChI is InChI=1S/C10H15N3O3/c14-10(9-1-2-12-16-9)11-3-4-13-5-7-15-8-6-13/h1-2H,3-8H2,(H,11,14). The zero-order valence-electron chi connectivity index (χ0n) is 9.02. The Balaban J connectivity index is 1.66. The van der Waals surface area contributed by atoms with E-state index in [0.717, 1.165) is 32.8 Å². The molecule has 6 nitrogen and oxygen atoms in total. The monoisotopic (exact) mass is 225 g/mol. The molecule has 0 aliphatic carbocycles. The number of nitrogens with one attached hydrogen (secondary N) is 1. The molecule has 2 heterocycles. The van der Waals surface area contributed by atoms with E-state index in [2.05, 4.69) is 15.4 Å². The maximum atomic E-state index is 11.5. The van der Waals surface area contributed by atoms with Crippen molar-refractivity contribution < 1.29 is 14.1 Å². The van der Waals surface area contributed by atoms with Crippen molar-refractivity contribution in [3.63, 3.8) is 0 Å². The first-order chi connectivity index (χ1) is 7.86. The van der Waals surface area contributed by atoms with Crippen LogP contribution < -0.4 is 5.32 Å². The van der Waals surface area contributed by atoms with Gasteiger partial charge in [-0.25, -0.2) is 0 Å². The zero-order chi connectivity index (χ0) is 11.2. The molecule has 1 amide bonds. The van der Waals surface area contributed by atoms with Gasteiger partial charge in [0.15, 0.2) is 0 Å². The molecule has 1 saturated heterocycles. The lowest BCUT2D eigenvalue weighted by Crippen LogP contribution is -2.41. The first-order valence-corrected chi connectivity index (χ1v) is 5.35. The van der Waals surface area contributed by atoms with Gasteiger partial charge in [-0.3, -0.25) is 9.69 Å². The van der Waals surface area contributed by atoms with Crippen LogP contribution in [0.25, 0.3) is 0 Å².